The SMILES string of the molecule is COc1cccc(C(O)CNC(=O)CCC2CCNCC2)c1. The molecule has 1 aromatic carbocycles. The first-order chi connectivity index (χ1) is 10.7. The van der Waals surface area contributed by atoms with Crippen LogP contribution in [0.3, 0.4) is 0 Å². The zero-order chi connectivity index (χ0) is 15.8. The van der Waals surface area contributed by atoms with Gasteiger partial charge in [-0.1, -0.05) is 12.1 Å². The minimum atomic E-state index is -0.710. The molecule has 1 saturated heterocycles. The van der Waals surface area contributed by atoms with E-state index in [0.29, 0.717) is 18.1 Å². The largest absolute Gasteiger partial charge is 0.497 e. The Balaban J connectivity index is 1.70. The van der Waals surface area contributed by atoms with Gasteiger partial charge in [0.05, 0.1) is 13.2 Å². The van der Waals surface area contributed by atoms with Crippen LogP contribution in [0.4, 0.5) is 0 Å². The third kappa shape index (κ3) is 5.31. The second-order valence-electron chi connectivity index (χ2n) is 5.83. The van der Waals surface area contributed by atoms with E-state index >= 15 is 0 Å². The molecule has 1 aromatic rings. The molecule has 5 heteroatoms. The quantitative estimate of drug-likeness (QED) is 0.716. The number of piperidine rings is 1. The lowest BCUT2D eigenvalue weighted by Crippen LogP contribution is -2.31. The van der Waals surface area contributed by atoms with Gasteiger partial charge in [0.2, 0.25) is 5.91 Å². The predicted octanol–water partition coefficient (Wildman–Crippen LogP) is 1.62. The second kappa shape index (κ2) is 8.76. The minimum Gasteiger partial charge on any atom is -0.497 e. The van der Waals surface area contributed by atoms with Crippen LogP contribution >= 0.6 is 0 Å². The molecule has 0 aromatic heterocycles. The van der Waals surface area contributed by atoms with E-state index in [0.717, 1.165) is 37.9 Å². The molecule has 1 heterocycles. The molecule has 0 spiro atoms. The minimum absolute atomic E-state index is 0.0143. The van der Waals surface area contributed by atoms with Crippen LogP contribution in [-0.4, -0.2) is 37.8 Å². The smallest absolute Gasteiger partial charge is 0.220 e. The maximum absolute atomic E-state index is 11.9. The fraction of sp³-hybridized carbons (Fsp3) is 0.588. The van der Waals surface area contributed by atoms with E-state index in [2.05, 4.69) is 10.6 Å². The number of hydrogen-bond donors (Lipinski definition) is 3. The van der Waals surface area contributed by atoms with Crippen LogP contribution in [0.2, 0.25) is 0 Å². The number of rotatable bonds is 7. The summed E-state index contributed by atoms with van der Waals surface area (Å²) in [6, 6.07) is 7.27. The van der Waals surface area contributed by atoms with Crippen molar-refractivity contribution in [3.05, 3.63) is 29.8 Å². The van der Waals surface area contributed by atoms with Crippen molar-refractivity contribution in [2.45, 2.75) is 31.8 Å². The molecule has 1 atom stereocenters. The highest BCUT2D eigenvalue weighted by Crippen LogP contribution is 2.19. The average Bonchev–Trinajstić information content (AvgIpc) is 2.58. The van der Waals surface area contributed by atoms with Gasteiger partial charge in [-0.15, -0.1) is 0 Å². The summed E-state index contributed by atoms with van der Waals surface area (Å²) in [6.45, 7) is 2.35. The van der Waals surface area contributed by atoms with Gasteiger partial charge in [0, 0.05) is 13.0 Å². The summed E-state index contributed by atoms with van der Waals surface area (Å²) in [7, 11) is 1.59. The molecule has 5 nitrogen and oxygen atoms in total. The van der Waals surface area contributed by atoms with Crippen molar-refractivity contribution in [3.63, 3.8) is 0 Å². The summed E-state index contributed by atoms with van der Waals surface area (Å²) >= 11 is 0. The molecule has 22 heavy (non-hydrogen) atoms. The number of benzene rings is 1. The molecular weight excluding hydrogens is 280 g/mol. The summed E-state index contributed by atoms with van der Waals surface area (Å²) < 4.78 is 5.13. The van der Waals surface area contributed by atoms with Gasteiger partial charge in [-0.25, -0.2) is 0 Å². The molecular formula is C17H26N2O3. The fourth-order valence-corrected chi connectivity index (χ4v) is 2.77. The van der Waals surface area contributed by atoms with E-state index in [9.17, 15) is 9.90 Å². The standard InChI is InChI=1S/C17H26N2O3/c1-22-15-4-2-3-14(11-15)16(20)12-19-17(21)6-5-13-7-9-18-10-8-13/h2-4,11,13,16,18,20H,5-10,12H2,1H3,(H,19,21). The Morgan fingerprint density at radius 2 is 2.23 bits per heavy atom. The molecule has 0 saturated carbocycles. The predicted molar refractivity (Wildman–Crippen MR) is 85.8 cm³/mol. The number of hydrogen-bond acceptors (Lipinski definition) is 4. The van der Waals surface area contributed by atoms with E-state index in [1.165, 1.54) is 0 Å². The van der Waals surface area contributed by atoms with E-state index < -0.39 is 6.10 Å². The highest BCUT2D eigenvalue weighted by molar-refractivity contribution is 5.75. The van der Waals surface area contributed by atoms with Crippen LogP contribution < -0.4 is 15.4 Å². The number of ether oxygens (including phenoxy) is 1. The van der Waals surface area contributed by atoms with Gasteiger partial charge in [0.15, 0.2) is 0 Å². The van der Waals surface area contributed by atoms with Crippen LogP contribution in [0.1, 0.15) is 37.4 Å². The number of nitrogens with one attached hydrogen (secondary N) is 2. The maximum atomic E-state index is 11.9. The summed E-state index contributed by atoms with van der Waals surface area (Å²) in [4.78, 5) is 11.9. The van der Waals surface area contributed by atoms with Gasteiger partial charge in [0.1, 0.15) is 5.75 Å². The van der Waals surface area contributed by atoms with Gasteiger partial charge in [0.25, 0.3) is 0 Å². The summed E-state index contributed by atoms with van der Waals surface area (Å²) in [5.41, 5.74) is 0.748. The Kier molecular flexibility index (Phi) is 6.68. The molecule has 2 rings (SSSR count). The Morgan fingerprint density at radius 3 is 2.95 bits per heavy atom. The highest BCUT2D eigenvalue weighted by Gasteiger charge is 2.15. The van der Waals surface area contributed by atoms with Crippen molar-refractivity contribution >= 4 is 5.91 Å². The van der Waals surface area contributed by atoms with Gasteiger partial charge in [-0.2, -0.15) is 0 Å². The van der Waals surface area contributed by atoms with Crippen molar-refractivity contribution in [2.75, 3.05) is 26.7 Å². The molecule has 122 valence electrons. The third-order valence-corrected chi connectivity index (χ3v) is 4.21. The van der Waals surface area contributed by atoms with Crippen LogP contribution in [-0.2, 0) is 4.79 Å². The first-order valence-corrected chi connectivity index (χ1v) is 7.98. The normalized spacial score (nSPS) is 17.0. The van der Waals surface area contributed by atoms with Gasteiger partial charge in [-0.05, 0) is 56.0 Å². The van der Waals surface area contributed by atoms with Crippen molar-refractivity contribution in [2.24, 2.45) is 5.92 Å². The average molecular weight is 306 g/mol. The van der Waals surface area contributed by atoms with Crippen molar-refractivity contribution < 1.29 is 14.6 Å². The zero-order valence-electron chi connectivity index (χ0n) is 13.2. The highest BCUT2D eigenvalue weighted by atomic mass is 16.5. The summed E-state index contributed by atoms with van der Waals surface area (Å²) in [5, 5.41) is 16.3. The monoisotopic (exact) mass is 306 g/mol. The van der Waals surface area contributed by atoms with Crippen LogP contribution in [0.15, 0.2) is 24.3 Å². The first kappa shape index (κ1) is 16.8. The first-order valence-electron chi connectivity index (χ1n) is 7.98. The fourth-order valence-electron chi connectivity index (χ4n) is 2.77. The van der Waals surface area contributed by atoms with Crippen LogP contribution in [0.5, 0.6) is 5.75 Å². The van der Waals surface area contributed by atoms with Crippen molar-refractivity contribution in [1.29, 1.82) is 0 Å². The zero-order valence-corrected chi connectivity index (χ0v) is 13.2. The van der Waals surface area contributed by atoms with E-state index in [-0.39, 0.29) is 12.5 Å². The van der Waals surface area contributed by atoms with Crippen molar-refractivity contribution in [1.82, 2.24) is 10.6 Å². The van der Waals surface area contributed by atoms with E-state index in [1.54, 1.807) is 13.2 Å². The summed E-state index contributed by atoms with van der Waals surface area (Å²) in [5.74, 6) is 1.37. The lowest BCUT2D eigenvalue weighted by Gasteiger charge is -2.22. The molecule has 1 aliphatic heterocycles. The van der Waals surface area contributed by atoms with Gasteiger partial charge >= 0.3 is 0 Å². The molecule has 0 radical (unpaired) electrons. The van der Waals surface area contributed by atoms with Gasteiger partial charge in [-0.3, -0.25) is 4.79 Å². The molecule has 1 fully saturated rings. The molecule has 1 amide bonds. The van der Waals surface area contributed by atoms with Crippen LogP contribution in [0.25, 0.3) is 0 Å². The third-order valence-electron chi connectivity index (χ3n) is 4.21. The molecule has 1 unspecified atom stereocenters. The molecule has 0 bridgehead atoms. The topological polar surface area (TPSA) is 70.6 Å². The Hall–Kier alpha value is -1.59. The van der Waals surface area contributed by atoms with E-state index in [1.807, 2.05) is 18.2 Å². The number of aliphatic hydroxyl groups excluding tert-OH is 1. The van der Waals surface area contributed by atoms with Gasteiger partial charge < -0.3 is 20.5 Å². The van der Waals surface area contributed by atoms with E-state index in [4.69, 9.17) is 4.74 Å². The Bertz CT molecular complexity index is 473. The lowest BCUT2D eigenvalue weighted by molar-refractivity contribution is -0.121. The number of amides is 1. The molecule has 3 N–H and O–H groups in total. The summed E-state index contributed by atoms with van der Waals surface area (Å²) in [6.07, 6.45) is 3.07. The Morgan fingerprint density at radius 1 is 1.45 bits per heavy atom. The number of carbonyl (C=O) groups excluding carboxylic acids is 1. The second-order valence-corrected chi connectivity index (χ2v) is 5.83. The molecule has 1 aliphatic rings. The Labute approximate surface area is 132 Å². The number of carbonyl (C=O) groups is 1. The van der Waals surface area contributed by atoms with Crippen LogP contribution in [0, 0.1) is 5.92 Å². The maximum Gasteiger partial charge on any atom is 0.220 e. The number of methoxy groups -OCH3 is 1. The lowest BCUT2D eigenvalue weighted by atomic mass is 9.93. The molecule has 0 aliphatic carbocycles. The number of aliphatic hydroxyl groups is 1. The van der Waals surface area contributed by atoms with Crippen molar-refractivity contribution in [3.8, 4) is 5.75 Å².